The number of aryl methyl sites for hydroxylation is 1. The Bertz CT molecular complexity index is 360. The molecule has 3 heteroatoms. The molecule has 1 aromatic carbocycles. The maximum atomic E-state index is 11.2. The van der Waals surface area contributed by atoms with Crippen molar-refractivity contribution in [3.63, 3.8) is 0 Å². The summed E-state index contributed by atoms with van der Waals surface area (Å²) in [5.41, 5.74) is 1.01. The molecule has 0 amide bonds. The smallest absolute Gasteiger partial charge is 0.338 e. The van der Waals surface area contributed by atoms with Crippen LogP contribution in [-0.2, 0) is 4.79 Å². The molecule has 0 aliphatic rings. The van der Waals surface area contributed by atoms with Gasteiger partial charge in [0.1, 0.15) is 0 Å². The molecule has 0 radical (unpaired) electrons. The fraction of sp³-hybridized carbons (Fsp3) is 0.182. The van der Waals surface area contributed by atoms with Crippen LogP contribution in [0.25, 0.3) is 0 Å². The molecule has 0 bridgehead atoms. The predicted octanol–water partition coefficient (Wildman–Crippen LogP) is 2.18. The standard InChI is InChI=1S/C11H12O3/c1-7(2)11(13)14-10-8(3)5-4-6-9(10)12/h4-6,12H,1H2,2-3H3. The molecular weight excluding hydrogens is 180 g/mol. The van der Waals surface area contributed by atoms with Crippen molar-refractivity contribution in [2.45, 2.75) is 13.8 Å². The van der Waals surface area contributed by atoms with Gasteiger partial charge in [0.2, 0.25) is 0 Å². The summed E-state index contributed by atoms with van der Waals surface area (Å²) in [6, 6.07) is 4.90. The molecule has 1 aromatic rings. The second-order valence-corrected chi connectivity index (χ2v) is 3.09. The number of para-hydroxylation sites is 1. The van der Waals surface area contributed by atoms with Crippen molar-refractivity contribution in [3.05, 3.63) is 35.9 Å². The van der Waals surface area contributed by atoms with Gasteiger partial charge in [0.15, 0.2) is 11.5 Å². The van der Waals surface area contributed by atoms with Gasteiger partial charge in [-0.1, -0.05) is 18.7 Å². The molecule has 0 atom stereocenters. The van der Waals surface area contributed by atoms with Crippen LogP contribution in [0.1, 0.15) is 12.5 Å². The quantitative estimate of drug-likeness (QED) is 0.444. The number of rotatable bonds is 2. The average Bonchev–Trinajstić information content (AvgIpc) is 2.11. The van der Waals surface area contributed by atoms with Crippen molar-refractivity contribution in [1.29, 1.82) is 0 Å². The Hall–Kier alpha value is -1.77. The van der Waals surface area contributed by atoms with E-state index in [1.807, 2.05) is 0 Å². The van der Waals surface area contributed by atoms with Crippen LogP contribution >= 0.6 is 0 Å². The van der Waals surface area contributed by atoms with Gasteiger partial charge >= 0.3 is 5.97 Å². The number of hydrogen-bond donors (Lipinski definition) is 1. The molecule has 1 rings (SSSR count). The molecule has 0 aromatic heterocycles. The Morgan fingerprint density at radius 2 is 2.14 bits per heavy atom. The minimum Gasteiger partial charge on any atom is -0.504 e. The Morgan fingerprint density at radius 1 is 1.50 bits per heavy atom. The van der Waals surface area contributed by atoms with Crippen LogP contribution < -0.4 is 4.74 Å². The zero-order valence-corrected chi connectivity index (χ0v) is 8.20. The van der Waals surface area contributed by atoms with Crippen molar-refractivity contribution in [2.24, 2.45) is 0 Å². The van der Waals surface area contributed by atoms with Crippen LogP contribution in [0.4, 0.5) is 0 Å². The SMILES string of the molecule is C=C(C)C(=O)Oc1c(C)cccc1O. The number of aromatic hydroxyl groups is 1. The highest BCUT2D eigenvalue weighted by molar-refractivity contribution is 5.89. The molecule has 0 saturated heterocycles. The molecule has 0 fully saturated rings. The van der Waals surface area contributed by atoms with Gasteiger partial charge in [0, 0.05) is 5.57 Å². The maximum Gasteiger partial charge on any atom is 0.338 e. The molecule has 0 heterocycles. The Labute approximate surface area is 82.6 Å². The lowest BCUT2D eigenvalue weighted by molar-refractivity contribution is -0.130. The first kappa shape index (κ1) is 10.3. The van der Waals surface area contributed by atoms with Crippen LogP contribution in [0.15, 0.2) is 30.4 Å². The van der Waals surface area contributed by atoms with Gasteiger partial charge in [0.25, 0.3) is 0 Å². The maximum absolute atomic E-state index is 11.2. The highest BCUT2D eigenvalue weighted by Crippen LogP contribution is 2.29. The van der Waals surface area contributed by atoms with Crippen molar-refractivity contribution in [3.8, 4) is 11.5 Å². The number of phenols is 1. The van der Waals surface area contributed by atoms with Crippen molar-refractivity contribution < 1.29 is 14.6 Å². The van der Waals surface area contributed by atoms with Crippen LogP contribution in [0.5, 0.6) is 11.5 Å². The van der Waals surface area contributed by atoms with E-state index in [1.165, 1.54) is 6.07 Å². The normalized spacial score (nSPS) is 9.57. The highest BCUT2D eigenvalue weighted by Gasteiger charge is 2.11. The number of hydrogen-bond acceptors (Lipinski definition) is 3. The zero-order chi connectivity index (χ0) is 10.7. The number of carbonyl (C=O) groups is 1. The van der Waals surface area contributed by atoms with E-state index in [2.05, 4.69) is 6.58 Å². The highest BCUT2D eigenvalue weighted by atomic mass is 16.5. The van der Waals surface area contributed by atoms with Crippen LogP contribution in [0, 0.1) is 6.92 Å². The molecular formula is C11H12O3. The fourth-order valence-electron chi connectivity index (χ4n) is 0.950. The molecule has 0 spiro atoms. The molecule has 0 saturated carbocycles. The second kappa shape index (κ2) is 3.96. The number of benzene rings is 1. The van der Waals surface area contributed by atoms with Crippen molar-refractivity contribution in [1.82, 2.24) is 0 Å². The number of phenolic OH excluding ortho intramolecular Hbond substituents is 1. The summed E-state index contributed by atoms with van der Waals surface area (Å²) in [6.45, 7) is 6.76. The summed E-state index contributed by atoms with van der Waals surface area (Å²) < 4.78 is 4.95. The van der Waals surface area contributed by atoms with Gasteiger partial charge in [-0.05, 0) is 25.5 Å². The molecule has 74 valence electrons. The summed E-state index contributed by atoms with van der Waals surface area (Å²) in [4.78, 5) is 11.2. The number of esters is 1. The first-order chi connectivity index (χ1) is 6.52. The van der Waals surface area contributed by atoms with Gasteiger partial charge in [-0.25, -0.2) is 4.79 Å². The van der Waals surface area contributed by atoms with Crippen molar-refractivity contribution in [2.75, 3.05) is 0 Å². The zero-order valence-electron chi connectivity index (χ0n) is 8.20. The molecule has 3 nitrogen and oxygen atoms in total. The minimum atomic E-state index is -0.533. The average molecular weight is 192 g/mol. The third-order valence-electron chi connectivity index (χ3n) is 1.73. The summed E-state index contributed by atoms with van der Waals surface area (Å²) in [6.07, 6.45) is 0. The van der Waals surface area contributed by atoms with E-state index in [1.54, 1.807) is 26.0 Å². The molecule has 0 unspecified atom stereocenters. The van der Waals surface area contributed by atoms with Gasteiger partial charge in [0.05, 0.1) is 0 Å². The lowest BCUT2D eigenvalue weighted by atomic mass is 10.2. The van der Waals surface area contributed by atoms with Gasteiger partial charge in [-0.15, -0.1) is 0 Å². The molecule has 1 N–H and O–H groups in total. The van der Waals surface area contributed by atoms with E-state index in [-0.39, 0.29) is 11.5 Å². The third-order valence-corrected chi connectivity index (χ3v) is 1.73. The third kappa shape index (κ3) is 2.13. The number of ether oxygens (including phenoxy) is 1. The second-order valence-electron chi connectivity index (χ2n) is 3.09. The lowest BCUT2D eigenvalue weighted by Crippen LogP contribution is -2.09. The molecule has 0 aliphatic heterocycles. The van der Waals surface area contributed by atoms with E-state index in [0.29, 0.717) is 11.1 Å². The van der Waals surface area contributed by atoms with Crippen LogP contribution in [0.3, 0.4) is 0 Å². The Morgan fingerprint density at radius 3 is 2.64 bits per heavy atom. The molecule has 0 aliphatic carbocycles. The Balaban J connectivity index is 2.97. The first-order valence-electron chi connectivity index (χ1n) is 4.18. The first-order valence-corrected chi connectivity index (χ1v) is 4.18. The van der Waals surface area contributed by atoms with E-state index in [9.17, 15) is 9.90 Å². The van der Waals surface area contributed by atoms with Gasteiger partial charge in [-0.3, -0.25) is 0 Å². The van der Waals surface area contributed by atoms with E-state index >= 15 is 0 Å². The summed E-state index contributed by atoms with van der Waals surface area (Å²) in [7, 11) is 0. The number of carbonyl (C=O) groups excluding carboxylic acids is 1. The molecule has 14 heavy (non-hydrogen) atoms. The topological polar surface area (TPSA) is 46.5 Å². The van der Waals surface area contributed by atoms with Crippen molar-refractivity contribution >= 4 is 5.97 Å². The summed E-state index contributed by atoms with van der Waals surface area (Å²) in [5, 5.41) is 9.42. The lowest BCUT2D eigenvalue weighted by Gasteiger charge is -2.08. The van der Waals surface area contributed by atoms with Crippen LogP contribution in [0.2, 0.25) is 0 Å². The van der Waals surface area contributed by atoms with E-state index < -0.39 is 5.97 Å². The predicted molar refractivity (Wildman–Crippen MR) is 53.3 cm³/mol. The monoisotopic (exact) mass is 192 g/mol. The van der Waals surface area contributed by atoms with E-state index in [0.717, 1.165) is 0 Å². The van der Waals surface area contributed by atoms with Gasteiger partial charge < -0.3 is 9.84 Å². The van der Waals surface area contributed by atoms with Crippen LogP contribution in [-0.4, -0.2) is 11.1 Å². The fourth-order valence-corrected chi connectivity index (χ4v) is 0.950. The minimum absolute atomic E-state index is 0.0420. The summed E-state index contributed by atoms with van der Waals surface area (Å²) in [5.74, 6) is -0.380. The van der Waals surface area contributed by atoms with E-state index in [4.69, 9.17) is 4.74 Å². The Kier molecular flexibility index (Phi) is 2.92. The largest absolute Gasteiger partial charge is 0.504 e. The summed E-state index contributed by atoms with van der Waals surface area (Å²) >= 11 is 0. The van der Waals surface area contributed by atoms with Gasteiger partial charge in [-0.2, -0.15) is 0 Å².